The molecular formula is C18H23NO2. The Bertz CT molecular complexity index is 668. The van der Waals surface area contributed by atoms with Crippen LogP contribution in [-0.4, -0.2) is 17.0 Å². The Hall–Kier alpha value is -2.03. The van der Waals surface area contributed by atoms with Crippen molar-refractivity contribution in [3.05, 3.63) is 52.3 Å². The fourth-order valence-corrected chi connectivity index (χ4v) is 2.60. The minimum absolute atomic E-state index is 0.0287. The van der Waals surface area contributed by atoms with E-state index in [9.17, 15) is 4.79 Å². The van der Waals surface area contributed by atoms with Gasteiger partial charge in [-0.3, -0.25) is 4.79 Å². The average molecular weight is 285 g/mol. The van der Waals surface area contributed by atoms with Gasteiger partial charge in [-0.1, -0.05) is 6.07 Å². The number of nitrogens with zero attached hydrogens (tertiary/aromatic N) is 1. The van der Waals surface area contributed by atoms with E-state index in [1.54, 1.807) is 0 Å². The molecule has 0 aliphatic carbocycles. The monoisotopic (exact) mass is 285 g/mol. The molecular weight excluding hydrogens is 262 g/mol. The second-order valence-electron chi connectivity index (χ2n) is 5.49. The third-order valence-corrected chi connectivity index (χ3v) is 4.04. The molecule has 0 saturated heterocycles. The predicted octanol–water partition coefficient (Wildman–Crippen LogP) is 4.00. The number of aromatic nitrogens is 1. The van der Waals surface area contributed by atoms with Crippen LogP contribution < -0.4 is 4.74 Å². The zero-order chi connectivity index (χ0) is 15.6. The lowest BCUT2D eigenvalue weighted by Crippen LogP contribution is -2.13. The highest BCUT2D eigenvalue weighted by Gasteiger charge is 2.15. The zero-order valence-corrected chi connectivity index (χ0v) is 13.5. The lowest BCUT2D eigenvalue weighted by Gasteiger charge is -2.08. The van der Waals surface area contributed by atoms with Crippen molar-refractivity contribution in [3.8, 4) is 5.75 Å². The van der Waals surface area contributed by atoms with E-state index in [-0.39, 0.29) is 12.4 Å². The van der Waals surface area contributed by atoms with Crippen molar-refractivity contribution in [2.24, 2.45) is 0 Å². The first kappa shape index (κ1) is 15.4. The van der Waals surface area contributed by atoms with Crippen LogP contribution in [0.15, 0.2) is 24.3 Å². The number of hydrogen-bond acceptors (Lipinski definition) is 2. The van der Waals surface area contributed by atoms with E-state index in [4.69, 9.17) is 4.74 Å². The Balaban J connectivity index is 2.10. The average Bonchev–Trinajstić information content (AvgIpc) is 2.74. The Kier molecular flexibility index (Phi) is 4.51. The molecule has 0 aliphatic rings. The molecule has 0 bridgehead atoms. The summed E-state index contributed by atoms with van der Waals surface area (Å²) in [6.45, 7) is 11.2. The van der Waals surface area contributed by atoms with Crippen molar-refractivity contribution in [2.75, 3.05) is 6.61 Å². The second-order valence-corrected chi connectivity index (χ2v) is 5.49. The standard InChI is InChI=1S/C18H23NO2/c1-6-19-14(4)10-17(15(19)5)18(20)11-21-16-8-7-12(2)13(3)9-16/h7-10H,6,11H2,1-5H3. The molecule has 112 valence electrons. The lowest BCUT2D eigenvalue weighted by atomic mass is 10.1. The van der Waals surface area contributed by atoms with E-state index in [1.807, 2.05) is 45.0 Å². The van der Waals surface area contributed by atoms with Crippen LogP contribution in [0.3, 0.4) is 0 Å². The highest BCUT2D eigenvalue weighted by atomic mass is 16.5. The molecule has 0 amide bonds. The molecule has 0 aliphatic heterocycles. The Labute approximate surface area is 126 Å². The smallest absolute Gasteiger partial charge is 0.202 e. The first-order valence-electron chi connectivity index (χ1n) is 7.34. The molecule has 0 atom stereocenters. The molecule has 0 unspecified atom stereocenters. The summed E-state index contributed by atoms with van der Waals surface area (Å²) in [5.74, 6) is 0.775. The Morgan fingerprint density at radius 1 is 1.10 bits per heavy atom. The molecule has 1 aromatic carbocycles. The van der Waals surface area contributed by atoms with E-state index >= 15 is 0 Å². The third-order valence-electron chi connectivity index (χ3n) is 4.04. The second kappa shape index (κ2) is 6.17. The van der Waals surface area contributed by atoms with Crippen LogP contribution in [0.25, 0.3) is 0 Å². The van der Waals surface area contributed by atoms with Gasteiger partial charge in [-0.15, -0.1) is 0 Å². The molecule has 21 heavy (non-hydrogen) atoms. The molecule has 0 fully saturated rings. The molecule has 0 N–H and O–H groups in total. The van der Waals surface area contributed by atoms with Crippen LogP contribution in [0.1, 0.15) is 39.8 Å². The molecule has 2 rings (SSSR count). The van der Waals surface area contributed by atoms with Gasteiger partial charge in [0.1, 0.15) is 5.75 Å². The summed E-state index contributed by atoms with van der Waals surface area (Å²) in [6, 6.07) is 7.84. The van der Waals surface area contributed by atoms with Crippen LogP contribution in [0, 0.1) is 27.7 Å². The summed E-state index contributed by atoms with van der Waals surface area (Å²) in [6.07, 6.45) is 0. The van der Waals surface area contributed by atoms with Crippen LogP contribution >= 0.6 is 0 Å². The molecule has 3 nitrogen and oxygen atoms in total. The van der Waals surface area contributed by atoms with Crippen molar-refractivity contribution >= 4 is 5.78 Å². The van der Waals surface area contributed by atoms with Crippen molar-refractivity contribution < 1.29 is 9.53 Å². The topological polar surface area (TPSA) is 31.2 Å². The van der Waals surface area contributed by atoms with Crippen LogP contribution in [0.5, 0.6) is 5.75 Å². The highest BCUT2D eigenvalue weighted by Crippen LogP contribution is 2.19. The molecule has 0 saturated carbocycles. The van der Waals surface area contributed by atoms with E-state index in [0.29, 0.717) is 0 Å². The lowest BCUT2D eigenvalue weighted by molar-refractivity contribution is 0.0920. The first-order chi connectivity index (χ1) is 9.93. The Morgan fingerprint density at radius 2 is 1.81 bits per heavy atom. The van der Waals surface area contributed by atoms with Gasteiger partial charge in [-0.2, -0.15) is 0 Å². The number of ketones is 1. The minimum Gasteiger partial charge on any atom is -0.485 e. The van der Waals surface area contributed by atoms with Crippen LogP contribution in [0.4, 0.5) is 0 Å². The van der Waals surface area contributed by atoms with Crippen LogP contribution in [-0.2, 0) is 6.54 Å². The molecule has 3 heteroatoms. The first-order valence-corrected chi connectivity index (χ1v) is 7.34. The SMILES string of the molecule is CCn1c(C)cc(C(=O)COc2ccc(C)c(C)c2)c1C. The van der Waals surface area contributed by atoms with E-state index in [1.165, 1.54) is 11.1 Å². The van der Waals surface area contributed by atoms with Gasteiger partial charge < -0.3 is 9.30 Å². The molecule has 1 aromatic heterocycles. The normalized spacial score (nSPS) is 10.7. The number of rotatable bonds is 5. The summed E-state index contributed by atoms with van der Waals surface area (Å²) in [4.78, 5) is 12.3. The van der Waals surface area contributed by atoms with Gasteiger partial charge in [0.2, 0.25) is 5.78 Å². The van der Waals surface area contributed by atoms with Gasteiger partial charge in [-0.05, 0) is 63.9 Å². The van der Waals surface area contributed by atoms with Crippen molar-refractivity contribution in [2.45, 2.75) is 41.2 Å². The summed E-state index contributed by atoms with van der Waals surface area (Å²) >= 11 is 0. The number of benzene rings is 1. The quantitative estimate of drug-likeness (QED) is 0.777. The highest BCUT2D eigenvalue weighted by molar-refractivity contribution is 5.98. The maximum Gasteiger partial charge on any atom is 0.202 e. The molecule has 0 radical (unpaired) electrons. The maximum absolute atomic E-state index is 12.3. The number of hydrogen-bond donors (Lipinski definition) is 0. The number of carbonyl (C=O) groups excluding carboxylic acids is 1. The summed E-state index contributed by atoms with van der Waals surface area (Å²) in [5, 5.41) is 0. The van der Waals surface area contributed by atoms with Crippen molar-refractivity contribution in [1.29, 1.82) is 0 Å². The van der Waals surface area contributed by atoms with Gasteiger partial charge in [0.15, 0.2) is 6.61 Å². The van der Waals surface area contributed by atoms with Gasteiger partial charge in [0, 0.05) is 23.5 Å². The maximum atomic E-state index is 12.3. The number of Topliss-reactive ketones (excluding diaryl/α,β-unsaturated/α-hetero) is 1. The fraction of sp³-hybridized carbons (Fsp3) is 0.389. The summed E-state index contributed by atoms with van der Waals surface area (Å²) < 4.78 is 7.78. The van der Waals surface area contributed by atoms with Gasteiger partial charge >= 0.3 is 0 Å². The molecule has 2 aromatic rings. The van der Waals surface area contributed by atoms with Crippen LogP contribution in [0.2, 0.25) is 0 Å². The van der Waals surface area contributed by atoms with Crippen molar-refractivity contribution in [1.82, 2.24) is 4.57 Å². The molecule has 0 spiro atoms. The van der Waals surface area contributed by atoms with E-state index < -0.39 is 0 Å². The predicted molar refractivity (Wildman–Crippen MR) is 85.3 cm³/mol. The third kappa shape index (κ3) is 3.18. The minimum atomic E-state index is 0.0287. The van der Waals surface area contributed by atoms with E-state index in [0.717, 1.165) is 29.2 Å². The number of carbonyl (C=O) groups is 1. The fourth-order valence-electron chi connectivity index (χ4n) is 2.60. The summed E-state index contributed by atoms with van der Waals surface area (Å²) in [5.41, 5.74) is 5.29. The van der Waals surface area contributed by atoms with Gasteiger partial charge in [-0.25, -0.2) is 0 Å². The molecule has 1 heterocycles. The number of ether oxygens (including phenoxy) is 1. The Morgan fingerprint density at radius 3 is 2.38 bits per heavy atom. The largest absolute Gasteiger partial charge is 0.485 e. The summed E-state index contributed by atoms with van der Waals surface area (Å²) in [7, 11) is 0. The number of aryl methyl sites for hydroxylation is 3. The van der Waals surface area contributed by atoms with Crippen molar-refractivity contribution in [3.63, 3.8) is 0 Å². The van der Waals surface area contributed by atoms with Gasteiger partial charge in [0.05, 0.1) is 0 Å². The van der Waals surface area contributed by atoms with E-state index in [2.05, 4.69) is 18.4 Å². The zero-order valence-electron chi connectivity index (χ0n) is 13.5. The van der Waals surface area contributed by atoms with Gasteiger partial charge in [0.25, 0.3) is 0 Å².